The molecule has 0 nitrogen and oxygen atoms in total. The van der Waals surface area contributed by atoms with Crippen LogP contribution in [0.2, 0.25) is 13.3 Å². The van der Waals surface area contributed by atoms with Gasteiger partial charge in [-0.05, 0) is 42.9 Å². The zero-order chi connectivity index (χ0) is 23.6. The third-order valence-corrected chi connectivity index (χ3v) is 15.0. The molecule has 0 spiro atoms. The SMILES string of the molecule is CCC[CH2][Sn+]([CH2]CCC)[CH2]CCC.[C-]1[CH][CH][CH][C]1c1cccc2ccccc12.[CH]1[CH][CH][CH][CH]1.[Fe+2]. The second kappa shape index (κ2) is 21.1. The average Bonchev–Trinajstić information content (AvgIpc) is 3.61. The van der Waals surface area contributed by atoms with Crippen molar-refractivity contribution in [3.63, 3.8) is 0 Å². The summed E-state index contributed by atoms with van der Waals surface area (Å²) in [4.78, 5) is 0. The number of hydrogen-bond donors (Lipinski definition) is 0. The predicted molar refractivity (Wildman–Crippen MR) is 149 cm³/mol. The summed E-state index contributed by atoms with van der Waals surface area (Å²) in [5, 5.41) is 2.58. The second-order valence-corrected chi connectivity index (χ2v) is 17.2. The van der Waals surface area contributed by atoms with Crippen molar-refractivity contribution in [3.05, 3.63) is 112 Å². The van der Waals surface area contributed by atoms with Crippen LogP contribution in [-0.4, -0.2) is 19.8 Å². The normalized spacial score (nSPS) is 15.1. The first kappa shape index (κ1) is 32.0. The molecular formula is C32H42FeSn+2. The van der Waals surface area contributed by atoms with Crippen molar-refractivity contribution in [1.29, 1.82) is 0 Å². The van der Waals surface area contributed by atoms with Crippen molar-refractivity contribution < 1.29 is 17.1 Å². The summed E-state index contributed by atoms with van der Waals surface area (Å²) < 4.78 is 5.04. The Labute approximate surface area is 230 Å². The maximum atomic E-state index is 3.25. The molecule has 2 aliphatic rings. The average molecular weight is 601 g/mol. The number of benzene rings is 2. The monoisotopic (exact) mass is 602 g/mol. The van der Waals surface area contributed by atoms with Crippen molar-refractivity contribution >= 4 is 30.5 Å². The zero-order valence-electron chi connectivity index (χ0n) is 21.4. The molecule has 180 valence electrons. The summed E-state index contributed by atoms with van der Waals surface area (Å²) >= 11 is -0.839. The van der Waals surface area contributed by atoms with E-state index in [1.165, 1.54) is 60.8 Å². The van der Waals surface area contributed by atoms with Crippen LogP contribution in [0.5, 0.6) is 0 Å². The van der Waals surface area contributed by atoms with E-state index < -0.39 is 19.8 Å². The number of rotatable bonds is 10. The summed E-state index contributed by atoms with van der Waals surface area (Å²) in [6.07, 6.45) is 28.2. The van der Waals surface area contributed by atoms with Crippen molar-refractivity contribution in [3.8, 4) is 0 Å². The van der Waals surface area contributed by atoms with E-state index in [0.29, 0.717) is 0 Å². The third kappa shape index (κ3) is 12.8. The van der Waals surface area contributed by atoms with Gasteiger partial charge in [0.2, 0.25) is 0 Å². The van der Waals surface area contributed by atoms with Gasteiger partial charge in [0.15, 0.2) is 0 Å². The maximum absolute atomic E-state index is 3.25. The van der Waals surface area contributed by atoms with Crippen LogP contribution >= 0.6 is 0 Å². The molecule has 2 heteroatoms. The van der Waals surface area contributed by atoms with Crippen LogP contribution in [0.4, 0.5) is 0 Å². The molecule has 2 aliphatic carbocycles. The van der Waals surface area contributed by atoms with E-state index in [9.17, 15) is 0 Å². The van der Waals surface area contributed by atoms with E-state index in [0.717, 1.165) is 0 Å². The molecule has 2 fully saturated rings. The van der Waals surface area contributed by atoms with Crippen LogP contribution in [0.3, 0.4) is 0 Å². The summed E-state index contributed by atoms with van der Waals surface area (Å²) in [6, 6.07) is 14.8. The predicted octanol–water partition coefficient (Wildman–Crippen LogP) is 9.37. The van der Waals surface area contributed by atoms with E-state index >= 15 is 0 Å². The zero-order valence-corrected chi connectivity index (χ0v) is 25.3. The van der Waals surface area contributed by atoms with Gasteiger partial charge in [-0.25, -0.2) is 6.42 Å². The molecule has 34 heavy (non-hydrogen) atoms. The van der Waals surface area contributed by atoms with Crippen molar-refractivity contribution in [1.82, 2.24) is 0 Å². The minimum atomic E-state index is -0.839. The Morgan fingerprint density at radius 1 is 0.647 bits per heavy atom. The standard InChI is InChI=1S/C15H10.C5H5.3C4H9.Fe.Sn/c1-2-7-12(6-1)15-11-5-9-13-8-3-4-10-14(13)15;1-2-4-5-3-1;3*1-3-4-2;;/h1-6,8-11H;1-5H;3*1,3-4H2,2H3;;/q-1;;;;;+2;+1. The third-order valence-electron chi connectivity index (χ3n) is 5.88. The molecule has 0 aromatic heterocycles. The molecule has 2 aromatic carbocycles. The van der Waals surface area contributed by atoms with Crippen LogP contribution in [0.25, 0.3) is 10.8 Å². The molecule has 0 amide bonds. The fourth-order valence-electron chi connectivity index (χ4n) is 3.93. The van der Waals surface area contributed by atoms with Crippen LogP contribution in [0.1, 0.15) is 64.9 Å². The Balaban J connectivity index is 0.000000279. The minimum Gasteiger partial charge on any atom is -0.466 e. The summed E-state index contributed by atoms with van der Waals surface area (Å²) in [5.41, 5.74) is 1.26. The molecule has 0 heterocycles. The number of hydrogen-bond acceptors (Lipinski definition) is 0. The van der Waals surface area contributed by atoms with Crippen LogP contribution in [0, 0.1) is 63.7 Å². The van der Waals surface area contributed by atoms with E-state index in [-0.39, 0.29) is 17.1 Å². The maximum Gasteiger partial charge on any atom is 2.00 e. The molecule has 0 unspecified atom stereocenters. The molecule has 0 aliphatic heterocycles. The van der Waals surface area contributed by atoms with Gasteiger partial charge in [-0.2, -0.15) is 5.92 Å². The Morgan fingerprint density at radius 2 is 1.18 bits per heavy atom. The van der Waals surface area contributed by atoms with E-state index in [2.05, 4.69) is 76.1 Å². The van der Waals surface area contributed by atoms with Gasteiger partial charge in [0.25, 0.3) is 0 Å². The molecule has 2 aromatic rings. The first-order chi connectivity index (χ1) is 16.3. The van der Waals surface area contributed by atoms with Gasteiger partial charge < -0.3 is 6.42 Å². The summed E-state index contributed by atoms with van der Waals surface area (Å²) in [7, 11) is 0. The number of unbranched alkanes of at least 4 members (excludes halogenated alkanes) is 3. The van der Waals surface area contributed by atoms with Crippen molar-refractivity contribution in [2.75, 3.05) is 0 Å². The van der Waals surface area contributed by atoms with Gasteiger partial charge in [-0.15, -0.1) is 0 Å². The Bertz CT molecular complexity index is 686. The smallest absolute Gasteiger partial charge is 0.466 e. The van der Waals surface area contributed by atoms with Crippen LogP contribution in [-0.2, 0) is 17.1 Å². The fraction of sp³-hybridized carbons (Fsp3) is 0.375. The molecule has 4 rings (SSSR count). The Hall–Kier alpha value is 0.0182. The first-order valence-corrected chi connectivity index (χ1v) is 19.0. The molecule has 10 radical (unpaired) electrons. The minimum absolute atomic E-state index is 0. The van der Waals surface area contributed by atoms with Crippen LogP contribution in [0.15, 0.2) is 42.5 Å². The van der Waals surface area contributed by atoms with Crippen molar-refractivity contribution in [2.45, 2.75) is 72.6 Å². The molecule has 0 atom stereocenters. The van der Waals surface area contributed by atoms with Gasteiger partial charge >= 0.3 is 109 Å². The Morgan fingerprint density at radius 3 is 1.68 bits per heavy atom. The van der Waals surface area contributed by atoms with Gasteiger partial charge in [-0.1, -0.05) is 60.9 Å². The fourth-order valence-corrected chi connectivity index (χ4v) is 13.4. The summed E-state index contributed by atoms with van der Waals surface area (Å²) in [6.45, 7) is 7.00. The van der Waals surface area contributed by atoms with Gasteiger partial charge in [0.05, 0.1) is 0 Å². The van der Waals surface area contributed by atoms with Crippen LogP contribution < -0.4 is 0 Å². The second-order valence-electron chi connectivity index (χ2n) is 8.63. The van der Waals surface area contributed by atoms with E-state index in [1.807, 2.05) is 44.9 Å². The van der Waals surface area contributed by atoms with Gasteiger partial charge in [-0.3, -0.25) is 0 Å². The largest absolute Gasteiger partial charge is 2.00 e. The molecular weight excluding hydrogens is 559 g/mol. The van der Waals surface area contributed by atoms with E-state index in [1.54, 1.807) is 13.3 Å². The summed E-state index contributed by atoms with van der Waals surface area (Å²) in [5.74, 6) is 1.17. The number of fused-ring (bicyclic) bond motifs is 1. The van der Waals surface area contributed by atoms with Crippen molar-refractivity contribution in [2.24, 2.45) is 0 Å². The quantitative estimate of drug-likeness (QED) is 0.188. The Kier molecular flexibility index (Phi) is 19.9. The molecule has 0 N–H and O–H groups in total. The molecule has 0 bridgehead atoms. The van der Waals surface area contributed by atoms with E-state index in [4.69, 9.17) is 0 Å². The van der Waals surface area contributed by atoms with Gasteiger partial charge in [0, 0.05) is 0 Å². The van der Waals surface area contributed by atoms with Gasteiger partial charge in [0.1, 0.15) is 0 Å². The first-order valence-electron chi connectivity index (χ1n) is 12.9. The molecule has 0 saturated heterocycles. The molecule has 2 saturated carbocycles. The topological polar surface area (TPSA) is 0 Å².